The fraction of sp³-hybridized carbons (Fsp3) is 0.450. The number of ether oxygens (including phenoxy) is 1. The van der Waals surface area contributed by atoms with Crippen molar-refractivity contribution in [2.45, 2.75) is 58.0 Å². The summed E-state index contributed by atoms with van der Waals surface area (Å²) >= 11 is 0. The van der Waals surface area contributed by atoms with E-state index >= 15 is 4.39 Å². The molecule has 3 fully saturated rings. The van der Waals surface area contributed by atoms with Crippen LogP contribution in [0, 0.1) is 24.1 Å². The maximum atomic E-state index is 15.3. The smallest absolute Gasteiger partial charge is 0.250 e. The number of carbonyl (C=O) groups excluding carboxylic acids is 2. The maximum absolute atomic E-state index is 15.3. The van der Waals surface area contributed by atoms with Gasteiger partial charge < -0.3 is 29.7 Å². The lowest BCUT2D eigenvalue weighted by Crippen LogP contribution is -2.63. The number of nitrogens with one attached hydrogen (secondary N) is 2. The number of para-hydroxylation sites is 1. The lowest BCUT2D eigenvalue weighted by molar-refractivity contribution is -0.150. The first-order chi connectivity index (χ1) is 23.6. The summed E-state index contributed by atoms with van der Waals surface area (Å²) in [4.78, 5) is 39.2. The van der Waals surface area contributed by atoms with E-state index in [2.05, 4.69) is 59.1 Å². The lowest BCUT2D eigenvalue weighted by Gasteiger charge is -2.47. The standard InChI is InChI=1S/C40H48FN5O3/c1-27-36(31-10-6-8-12-34(31)42-27)37-32(39(37,2)3)25-35(47)46(26-28-9-5-7-11-33(28)41)40(17-19-44(4)20-18-40)38(48)43-29-13-15-30(16-14-29)45-21-23-49-24-22-45/h5-16,32,37,42H,17-26H2,1-4H3,(H,43,48)/t32-,37+/m0/s1. The van der Waals surface area contributed by atoms with E-state index in [1.165, 1.54) is 17.0 Å². The number of halogens is 1. The molecule has 258 valence electrons. The number of aromatic nitrogens is 1. The first-order valence-electron chi connectivity index (χ1n) is 17.6. The van der Waals surface area contributed by atoms with E-state index in [-0.39, 0.29) is 47.8 Å². The van der Waals surface area contributed by atoms with Crippen LogP contribution in [0.3, 0.4) is 0 Å². The van der Waals surface area contributed by atoms with E-state index in [0.717, 1.165) is 30.0 Å². The number of hydrogen-bond acceptors (Lipinski definition) is 5. The third-order valence-electron chi connectivity index (χ3n) is 11.5. The Labute approximate surface area is 288 Å². The largest absolute Gasteiger partial charge is 0.378 e. The van der Waals surface area contributed by atoms with E-state index in [1.807, 2.05) is 37.4 Å². The molecule has 1 saturated carbocycles. The quantitative estimate of drug-likeness (QED) is 0.208. The number of morpholine rings is 1. The van der Waals surface area contributed by atoms with Crippen LogP contribution in [0.2, 0.25) is 0 Å². The Morgan fingerprint density at radius 2 is 1.63 bits per heavy atom. The Balaban J connectivity index is 1.19. The Hall–Kier alpha value is -4.21. The van der Waals surface area contributed by atoms with E-state index < -0.39 is 5.54 Å². The predicted octanol–water partition coefficient (Wildman–Crippen LogP) is 6.71. The second-order valence-corrected chi connectivity index (χ2v) is 14.8. The highest BCUT2D eigenvalue weighted by molar-refractivity contribution is 6.01. The highest BCUT2D eigenvalue weighted by Crippen LogP contribution is 2.67. The van der Waals surface area contributed by atoms with Gasteiger partial charge in [-0.2, -0.15) is 0 Å². The van der Waals surface area contributed by atoms with Crippen molar-refractivity contribution in [3.8, 4) is 0 Å². The van der Waals surface area contributed by atoms with Gasteiger partial charge in [0.05, 0.1) is 13.2 Å². The van der Waals surface area contributed by atoms with E-state index in [4.69, 9.17) is 4.74 Å². The maximum Gasteiger partial charge on any atom is 0.250 e. The van der Waals surface area contributed by atoms with Gasteiger partial charge in [-0.1, -0.05) is 50.2 Å². The van der Waals surface area contributed by atoms with Gasteiger partial charge in [0.15, 0.2) is 0 Å². The monoisotopic (exact) mass is 665 g/mol. The Bertz CT molecular complexity index is 1820. The van der Waals surface area contributed by atoms with Gasteiger partial charge in [-0.05, 0) is 86.0 Å². The fourth-order valence-corrected chi connectivity index (χ4v) is 8.40. The zero-order chi connectivity index (χ0) is 34.3. The van der Waals surface area contributed by atoms with E-state index in [9.17, 15) is 9.59 Å². The summed E-state index contributed by atoms with van der Waals surface area (Å²) in [5.41, 5.74) is 4.42. The Morgan fingerprint density at radius 3 is 2.35 bits per heavy atom. The SMILES string of the molecule is Cc1[nH]c2ccccc2c1[C@H]1[C@H](CC(=O)N(Cc2ccccc2F)C2(C(=O)Nc3ccc(N4CCOCC4)cc3)CCN(C)CC2)C1(C)C. The zero-order valence-corrected chi connectivity index (χ0v) is 29.1. The molecule has 2 saturated heterocycles. The van der Waals surface area contributed by atoms with Crippen LogP contribution in [-0.4, -0.2) is 78.6 Å². The molecule has 0 spiro atoms. The van der Waals surface area contributed by atoms with Crippen molar-refractivity contribution in [3.63, 3.8) is 0 Å². The lowest BCUT2D eigenvalue weighted by atomic mass is 9.83. The predicted molar refractivity (Wildman–Crippen MR) is 192 cm³/mol. The van der Waals surface area contributed by atoms with Gasteiger partial charge in [-0.15, -0.1) is 0 Å². The molecule has 0 radical (unpaired) electrons. The molecule has 3 heterocycles. The molecular formula is C40H48FN5O3. The van der Waals surface area contributed by atoms with Gasteiger partial charge >= 0.3 is 0 Å². The molecule has 2 amide bonds. The van der Waals surface area contributed by atoms with Crippen molar-refractivity contribution in [2.75, 3.05) is 56.7 Å². The van der Waals surface area contributed by atoms with Crippen LogP contribution in [0.15, 0.2) is 72.8 Å². The summed E-state index contributed by atoms with van der Waals surface area (Å²) in [6, 6.07) is 22.8. The second kappa shape index (κ2) is 13.2. The van der Waals surface area contributed by atoms with Crippen molar-refractivity contribution >= 4 is 34.1 Å². The Morgan fingerprint density at radius 1 is 0.959 bits per heavy atom. The number of likely N-dealkylation sites (tertiary alicyclic amines) is 1. The molecule has 1 aromatic heterocycles. The van der Waals surface area contributed by atoms with Crippen molar-refractivity contribution in [3.05, 3.63) is 95.4 Å². The first-order valence-corrected chi connectivity index (χ1v) is 17.6. The average molecular weight is 666 g/mol. The Kier molecular flexibility index (Phi) is 9.00. The normalized spacial score (nSPS) is 21.8. The van der Waals surface area contributed by atoms with Gasteiger partial charge in [0.25, 0.3) is 0 Å². The van der Waals surface area contributed by atoms with Crippen LogP contribution in [0.25, 0.3) is 10.9 Å². The van der Waals surface area contributed by atoms with Gasteiger partial charge in [0.1, 0.15) is 11.4 Å². The third kappa shape index (κ3) is 6.34. The van der Waals surface area contributed by atoms with Crippen molar-refractivity contribution < 1.29 is 18.7 Å². The molecule has 1 aliphatic carbocycles. The van der Waals surface area contributed by atoms with Crippen LogP contribution in [0.1, 0.15) is 55.8 Å². The number of hydrogen-bond donors (Lipinski definition) is 2. The first kappa shape index (κ1) is 33.3. The molecule has 3 aliphatic rings. The number of rotatable bonds is 9. The number of H-pyrrole nitrogens is 1. The molecule has 0 unspecified atom stereocenters. The highest BCUT2D eigenvalue weighted by Gasteiger charge is 2.60. The summed E-state index contributed by atoms with van der Waals surface area (Å²) in [5.74, 6) is -0.427. The van der Waals surface area contributed by atoms with Crippen molar-refractivity contribution in [2.24, 2.45) is 11.3 Å². The molecule has 2 N–H and O–H groups in total. The summed E-state index contributed by atoms with van der Waals surface area (Å²) in [6.45, 7) is 11.0. The van der Waals surface area contributed by atoms with Crippen molar-refractivity contribution in [1.82, 2.24) is 14.8 Å². The highest BCUT2D eigenvalue weighted by atomic mass is 19.1. The molecule has 49 heavy (non-hydrogen) atoms. The molecule has 8 nitrogen and oxygen atoms in total. The van der Waals surface area contributed by atoms with Crippen molar-refractivity contribution in [1.29, 1.82) is 0 Å². The minimum Gasteiger partial charge on any atom is -0.378 e. The number of aromatic amines is 1. The third-order valence-corrected chi connectivity index (χ3v) is 11.5. The van der Waals surface area contributed by atoms with Crippen LogP contribution in [0.5, 0.6) is 0 Å². The van der Waals surface area contributed by atoms with Crippen LogP contribution >= 0.6 is 0 Å². The molecule has 3 aromatic carbocycles. The summed E-state index contributed by atoms with van der Waals surface area (Å²) < 4.78 is 20.8. The number of amides is 2. The molecule has 0 bridgehead atoms. The number of piperidine rings is 1. The number of fused-ring (bicyclic) bond motifs is 1. The molecule has 7 rings (SSSR count). The minimum atomic E-state index is -1.14. The minimum absolute atomic E-state index is 0.0303. The number of nitrogens with zero attached hydrogens (tertiary/aromatic N) is 3. The number of benzene rings is 3. The summed E-state index contributed by atoms with van der Waals surface area (Å²) in [6.07, 6.45) is 1.20. The molecule has 2 aliphatic heterocycles. The van der Waals surface area contributed by atoms with Gasteiger partial charge in [-0.3, -0.25) is 9.59 Å². The molecular weight excluding hydrogens is 617 g/mol. The van der Waals surface area contributed by atoms with E-state index in [0.29, 0.717) is 50.4 Å². The fourth-order valence-electron chi connectivity index (χ4n) is 8.40. The average Bonchev–Trinajstić information content (AvgIpc) is 3.45. The van der Waals surface area contributed by atoms with Crippen LogP contribution in [-0.2, 0) is 20.9 Å². The number of anilines is 2. The zero-order valence-electron chi connectivity index (χ0n) is 29.1. The molecule has 2 atom stereocenters. The number of carbonyl (C=O) groups is 2. The van der Waals surface area contributed by atoms with Crippen LogP contribution in [0.4, 0.5) is 15.8 Å². The second-order valence-electron chi connectivity index (χ2n) is 14.8. The van der Waals surface area contributed by atoms with Gasteiger partial charge in [0.2, 0.25) is 11.8 Å². The van der Waals surface area contributed by atoms with E-state index in [1.54, 1.807) is 23.1 Å². The molecule has 4 aromatic rings. The van der Waals surface area contributed by atoms with Crippen LogP contribution < -0.4 is 10.2 Å². The van der Waals surface area contributed by atoms with Gasteiger partial charge in [-0.25, -0.2) is 4.39 Å². The topological polar surface area (TPSA) is 80.9 Å². The van der Waals surface area contributed by atoms with Gasteiger partial charge in [0, 0.05) is 72.7 Å². The summed E-state index contributed by atoms with van der Waals surface area (Å²) in [5, 5.41) is 4.38. The number of aryl methyl sites for hydroxylation is 1. The summed E-state index contributed by atoms with van der Waals surface area (Å²) in [7, 11) is 2.04. The molecule has 9 heteroatoms.